The van der Waals surface area contributed by atoms with E-state index in [0.29, 0.717) is 13.2 Å². The van der Waals surface area contributed by atoms with Crippen molar-refractivity contribution >= 4 is 21.7 Å². The summed E-state index contributed by atoms with van der Waals surface area (Å²) in [7, 11) is -4.02. The third-order valence-corrected chi connectivity index (χ3v) is 7.22. The summed E-state index contributed by atoms with van der Waals surface area (Å²) in [4.78, 5) is 3.02. The van der Waals surface area contributed by atoms with Gasteiger partial charge >= 0.3 is 0 Å². The van der Waals surface area contributed by atoms with Gasteiger partial charge in [0.15, 0.2) is 4.90 Å². The number of guanidine groups is 1. The molecule has 0 spiro atoms. The Bertz CT molecular complexity index is 1160. The second-order valence-corrected chi connectivity index (χ2v) is 9.40. The minimum atomic E-state index is -4.02. The van der Waals surface area contributed by atoms with Crippen LogP contribution in [0.4, 0.5) is 5.69 Å². The Labute approximate surface area is 175 Å². The van der Waals surface area contributed by atoms with Crippen LogP contribution in [0.2, 0.25) is 0 Å². The number of nitrogens with zero attached hydrogens (tertiary/aromatic N) is 4. The standard InChI is InChI=1S/C20H22N6O3S/c1-21-24-20(25-30(27,28)17-12-22-26-9-4-10-29-19(17)26)23-18-15-7-2-5-13(15)11-14-6-3-8-16(14)18/h11-12H,2-10H2,(H2,23,24,25). The number of fused-ring (bicyclic) bond motifs is 3. The molecule has 2 N–H and O–H groups in total. The molecule has 2 heterocycles. The Morgan fingerprint density at radius 3 is 2.60 bits per heavy atom. The van der Waals surface area contributed by atoms with Crippen molar-refractivity contribution in [2.75, 3.05) is 11.9 Å². The van der Waals surface area contributed by atoms with Crippen LogP contribution in [0.25, 0.3) is 4.95 Å². The van der Waals surface area contributed by atoms with Gasteiger partial charge in [-0.2, -0.15) is 11.7 Å². The van der Waals surface area contributed by atoms with Gasteiger partial charge in [-0.05, 0) is 60.8 Å². The zero-order valence-electron chi connectivity index (χ0n) is 16.4. The Kier molecular flexibility index (Phi) is 4.62. The number of ether oxygens (including phenoxy) is 1. The normalized spacial score (nSPS) is 17.5. The van der Waals surface area contributed by atoms with E-state index in [4.69, 9.17) is 11.3 Å². The summed E-state index contributed by atoms with van der Waals surface area (Å²) in [6, 6.07) is 2.29. The van der Waals surface area contributed by atoms with Gasteiger partial charge in [-0.25, -0.2) is 17.8 Å². The van der Waals surface area contributed by atoms with E-state index < -0.39 is 10.0 Å². The highest BCUT2D eigenvalue weighted by Gasteiger charge is 2.30. The van der Waals surface area contributed by atoms with E-state index in [1.54, 1.807) is 0 Å². The second-order valence-electron chi connectivity index (χ2n) is 7.75. The summed E-state index contributed by atoms with van der Waals surface area (Å²) < 4.78 is 35.6. The molecule has 156 valence electrons. The number of hydrogen-bond acceptors (Lipinski definition) is 5. The maximum absolute atomic E-state index is 13.0. The molecule has 0 unspecified atom stereocenters. The van der Waals surface area contributed by atoms with Gasteiger partial charge in [0.25, 0.3) is 16.0 Å². The minimum absolute atomic E-state index is 0.0507. The van der Waals surface area contributed by atoms with Gasteiger partial charge in [0.05, 0.1) is 12.8 Å². The lowest BCUT2D eigenvalue weighted by Crippen LogP contribution is -2.36. The van der Waals surface area contributed by atoms with Crippen LogP contribution in [-0.4, -0.2) is 30.8 Å². The first-order chi connectivity index (χ1) is 14.6. The molecule has 1 aliphatic heterocycles. The smallest absolute Gasteiger partial charge is 0.296 e. The molecule has 1 aromatic heterocycles. The Morgan fingerprint density at radius 2 is 1.90 bits per heavy atom. The third-order valence-electron chi connectivity index (χ3n) is 5.90. The number of aryl methyl sites for hydroxylation is 3. The van der Waals surface area contributed by atoms with Crippen LogP contribution in [0.1, 0.15) is 41.5 Å². The number of aromatic nitrogens is 2. The van der Waals surface area contributed by atoms with Crippen molar-refractivity contribution in [3.8, 4) is 5.88 Å². The molecule has 2 aromatic rings. The van der Waals surface area contributed by atoms with E-state index >= 15 is 0 Å². The summed E-state index contributed by atoms with van der Waals surface area (Å²) in [6.45, 7) is 8.21. The van der Waals surface area contributed by atoms with Crippen molar-refractivity contribution in [1.82, 2.24) is 14.5 Å². The molecular weight excluding hydrogens is 404 g/mol. The molecule has 0 saturated heterocycles. The van der Waals surface area contributed by atoms with Gasteiger partial charge in [-0.15, -0.1) is 4.95 Å². The number of sulfonamides is 1. The Hall–Kier alpha value is -3.06. The van der Waals surface area contributed by atoms with Crippen LogP contribution in [-0.2, 0) is 42.3 Å². The van der Waals surface area contributed by atoms with E-state index in [-0.39, 0.29) is 16.7 Å². The first-order valence-electron chi connectivity index (χ1n) is 10.2. The highest BCUT2D eigenvalue weighted by molar-refractivity contribution is 7.90. The maximum Gasteiger partial charge on any atom is 0.296 e. The van der Waals surface area contributed by atoms with Crippen molar-refractivity contribution in [3.63, 3.8) is 0 Å². The molecular formula is C20H22N6O3S. The summed E-state index contributed by atoms with van der Waals surface area (Å²) in [5, 5.41) is 11.0. The summed E-state index contributed by atoms with van der Waals surface area (Å²) in [5.41, 5.74) is 5.94. The van der Waals surface area contributed by atoms with Gasteiger partial charge in [-0.1, -0.05) is 6.07 Å². The van der Waals surface area contributed by atoms with Crippen LogP contribution in [0.15, 0.2) is 22.3 Å². The fraction of sp³-hybridized carbons (Fsp3) is 0.450. The highest BCUT2D eigenvalue weighted by Crippen LogP contribution is 2.38. The topological polar surface area (TPSA) is 102 Å². The lowest BCUT2D eigenvalue weighted by Gasteiger charge is -2.18. The van der Waals surface area contributed by atoms with Crippen LogP contribution in [0.5, 0.6) is 5.88 Å². The largest absolute Gasteiger partial charge is 0.477 e. The van der Waals surface area contributed by atoms with E-state index in [1.807, 2.05) is 0 Å². The molecule has 0 fully saturated rings. The summed E-state index contributed by atoms with van der Waals surface area (Å²) in [6.07, 6.45) is 8.13. The fourth-order valence-corrected chi connectivity index (χ4v) is 5.65. The number of nitrogens with one attached hydrogen (secondary N) is 2. The minimum Gasteiger partial charge on any atom is -0.477 e. The summed E-state index contributed by atoms with van der Waals surface area (Å²) >= 11 is 0. The predicted molar refractivity (Wildman–Crippen MR) is 111 cm³/mol. The number of benzene rings is 1. The molecule has 0 atom stereocenters. The predicted octanol–water partition coefficient (Wildman–Crippen LogP) is 2.22. The Morgan fingerprint density at radius 1 is 1.17 bits per heavy atom. The highest BCUT2D eigenvalue weighted by atomic mass is 32.2. The van der Waals surface area contributed by atoms with Crippen LogP contribution >= 0.6 is 0 Å². The van der Waals surface area contributed by atoms with Crippen molar-refractivity contribution < 1.29 is 13.2 Å². The number of hydrogen-bond donors (Lipinski definition) is 2. The number of rotatable bonds is 3. The average molecular weight is 427 g/mol. The van der Waals surface area contributed by atoms with Gasteiger partial charge in [0.1, 0.15) is 5.10 Å². The summed E-state index contributed by atoms with van der Waals surface area (Å²) in [5.74, 6) is 0.118. The van der Waals surface area contributed by atoms with E-state index in [0.717, 1.165) is 50.6 Å². The molecule has 3 aliphatic rings. The monoisotopic (exact) mass is 426 g/mol. The van der Waals surface area contributed by atoms with Gasteiger partial charge in [-0.3, -0.25) is 0 Å². The SMILES string of the molecule is [C-]#[N+]/N=C(/Nc1c2c(cc3c1CCC3)CCC2)NS(=O)(=O)c1cnn2c1OCCC2. The van der Waals surface area contributed by atoms with Crippen LogP contribution < -0.4 is 14.8 Å². The molecule has 2 aliphatic carbocycles. The quantitative estimate of drug-likeness (QED) is 0.339. The zero-order valence-corrected chi connectivity index (χ0v) is 17.3. The fourth-order valence-electron chi connectivity index (χ4n) is 4.62. The van der Waals surface area contributed by atoms with Crippen LogP contribution in [0.3, 0.4) is 0 Å². The molecule has 30 heavy (non-hydrogen) atoms. The van der Waals surface area contributed by atoms with Crippen molar-refractivity contribution in [3.05, 3.63) is 46.0 Å². The molecule has 0 amide bonds. The molecule has 0 saturated carbocycles. The molecule has 5 rings (SSSR count). The first-order valence-corrected chi connectivity index (χ1v) is 11.6. The van der Waals surface area contributed by atoms with Crippen molar-refractivity contribution in [1.29, 1.82) is 0 Å². The Balaban J connectivity index is 1.48. The van der Waals surface area contributed by atoms with Crippen LogP contribution in [0, 0.1) is 6.57 Å². The second kappa shape index (κ2) is 7.32. The average Bonchev–Trinajstić information content (AvgIpc) is 3.46. The van der Waals surface area contributed by atoms with Crippen molar-refractivity contribution in [2.24, 2.45) is 5.10 Å². The lowest BCUT2D eigenvalue weighted by atomic mass is 9.99. The third kappa shape index (κ3) is 3.19. The molecule has 0 bridgehead atoms. The molecule has 1 aromatic carbocycles. The van der Waals surface area contributed by atoms with E-state index in [9.17, 15) is 8.42 Å². The first kappa shape index (κ1) is 18.9. The zero-order chi connectivity index (χ0) is 20.7. The van der Waals surface area contributed by atoms with E-state index in [1.165, 1.54) is 33.1 Å². The molecule has 10 heteroatoms. The van der Waals surface area contributed by atoms with E-state index in [2.05, 4.69) is 31.3 Å². The maximum atomic E-state index is 13.0. The molecule has 0 radical (unpaired) electrons. The lowest BCUT2D eigenvalue weighted by molar-refractivity contribution is 0.224. The molecule has 9 nitrogen and oxygen atoms in total. The number of anilines is 1. The van der Waals surface area contributed by atoms with Gasteiger partial charge in [0, 0.05) is 18.7 Å². The van der Waals surface area contributed by atoms with Gasteiger partial charge in [0.2, 0.25) is 5.88 Å². The van der Waals surface area contributed by atoms with Crippen molar-refractivity contribution in [2.45, 2.75) is 56.4 Å². The van der Waals surface area contributed by atoms with Gasteiger partial charge < -0.3 is 10.1 Å².